The third-order valence-corrected chi connectivity index (χ3v) is 5.36. The van der Waals surface area contributed by atoms with E-state index in [0.717, 1.165) is 5.56 Å². The van der Waals surface area contributed by atoms with Crippen molar-refractivity contribution in [2.45, 2.75) is 20.3 Å². The van der Waals surface area contributed by atoms with Crippen LogP contribution in [0, 0.1) is 12.8 Å². The molecular weight excluding hydrogens is 436 g/mol. The second-order valence-electron chi connectivity index (χ2n) is 7.29. The Bertz CT molecular complexity index is 1040. The van der Waals surface area contributed by atoms with Gasteiger partial charge in [0.05, 0.1) is 18.1 Å². The molecule has 2 amide bonds. The number of nitrogens with zero attached hydrogens (tertiary/aromatic N) is 1. The molecule has 1 heterocycles. The summed E-state index contributed by atoms with van der Waals surface area (Å²) < 4.78 is 10.00. The number of amides is 2. The van der Waals surface area contributed by atoms with Gasteiger partial charge >= 0.3 is 11.9 Å². The number of benzene rings is 2. The number of aryl methyl sites for hydroxylation is 1. The molecule has 3 rings (SSSR count). The van der Waals surface area contributed by atoms with Crippen molar-refractivity contribution in [2.75, 3.05) is 30.0 Å². The second-order valence-corrected chi connectivity index (χ2v) is 7.70. The quantitative estimate of drug-likeness (QED) is 0.638. The molecule has 9 heteroatoms. The Hall–Kier alpha value is -3.39. The van der Waals surface area contributed by atoms with Crippen LogP contribution in [-0.4, -0.2) is 43.5 Å². The summed E-state index contributed by atoms with van der Waals surface area (Å²) in [5.41, 5.74) is 2.31. The molecule has 2 aromatic rings. The molecule has 1 fully saturated rings. The number of halogens is 1. The SMILES string of the molecule is CCOC(=O)c1ccc(NC(=O)COC(=O)[C@H]2CC(=O)N(c3ccc(C)c(Cl)c3)C2)cc1. The molecule has 1 N–H and O–H groups in total. The average molecular weight is 459 g/mol. The van der Waals surface area contributed by atoms with Crippen molar-refractivity contribution in [3.8, 4) is 0 Å². The Morgan fingerprint density at radius 1 is 1.12 bits per heavy atom. The Morgan fingerprint density at radius 2 is 1.84 bits per heavy atom. The minimum absolute atomic E-state index is 0.00126. The van der Waals surface area contributed by atoms with Gasteiger partial charge in [0.25, 0.3) is 5.91 Å². The monoisotopic (exact) mass is 458 g/mol. The van der Waals surface area contributed by atoms with Crippen LogP contribution in [0.15, 0.2) is 42.5 Å². The van der Waals surface area contributed by atoms with Crippen molar-refractivity contribution in [3.05, 3.63) is 58.6 Å². The van der Waals surface area contributed by atoms with Gasteiger partial charge in [-0.15, -0.1) is 0 Å². The molecule has 168 valence electrons. The highest BCUT2D eigenvalue weighted by Gasteiger charge is 2.36. The molecule has 0 radical (unpaired) electrons. The standard InChI is InChI=1S/C23H23ClN2O6/c1-3-31-22(29)15-5-7-17(8-6-15)25-20(27)13-32-23(30)16-10-21(28)26(12-16)18-9-4-14(2)19(24)11-18/h4-9,11,16H,3,10,12-13H2,1-2H3,(H,25,27)/t16-/m0/s1. The van der Waals surface area contributed by atoms with Gasteiger partial charge in [0.2, 0.25) is 5.91 Å². The Morgan fingerprint density at radius 3 is 2.50 bits per heavy atom. The lowest BCUT2D eigenvalue weighted by Crippen LogP contribution is -2.28. The Kier molecular flexibility index (Phi) is 7.48. The molecule has 0 spiro atoms. The van der Waals surface area contributed by atoms with Crippen LogP contribution in [0.2, 0.25) is 5.02 Å². The van der Waals surface area contributed by atoms with E-state index in [0.29, 0.717) is 22.0 Å². The van der Waals surface area contributed by atoms with Crippen molar-refractivity contribution >= 4 is 46.7 Å². The first-order valence-electron chi connectivity index (χ1n) is 10.1. The zero-order chi connectivity index (χ0) is 23.3. The van der Waals surface area contributed by atoms with E-state index >= 15 is 0 Å². The summed E-state index contributed by atoms with van der Waals surface area (Å²) in [4.78, 5) is 50.0. The lowest BCUT2D eigenvalue weighted by molar-refractivity contribution is -0.151. The van der Waals surface area contributed by atoms with Gasteiger partial charge in [-0.3, -0.25) is 14.4 Å². The van der Waals surface area contributed by atoms with E-state index in [1.54, 1.807) is 37.3 Å². The summed E-state index contributed by atoms with van der Waals surface area (Å²) in [6.45, 7) is 3.52. The van der Waals surface area contributed by atoms with E-state index < -0.39 is 30.4 Å². The lowest BCUT2D eigenvalue weighted by Gasteiger charge is -2.17. The van der Waals surface area contributed by atoms with E-state index in [9.17, 15) is 19.2 Å². The third-order valence-electron chi connectivity index (χ3n) is 4.95. The summed E-state index contributed by atoms with van der Waals surface area (Å²) in [5, 5.41) is 3.12. The fourth-order valence-electron chi connectivity index (χ4n) is 3.22. The highest BCUT2D eigenvalue weighted by Crippen LogP contribution is 2.29. The van der Waals surface area contributed by atoms with Crippen molar-refractivity contribution in [3.63, 3.8) is 0 Å². The molecule has 0 unspecified atom stereocenters. The summed E-state index contributed by atoms with van der Waals surface area (Å²) in [7, 11) is 0. The van der Waals surface area contributed by atoms with Crippen molar-refractivity contribution in [1.29, 1.82) is 0 Å². The Labute approximate surface area is 190 Å². The highest BCUT2D eigenvalue weighted by atomic mass is 35.5. The maximum atomic E-state index is 12.4. The number of carbonyl (C=O) groups is 4. The van der Waals surface area contributed by atoms with Gasteiger partial charge in [-0.25, -0.2) is 4.79 Å². The molecule has 0 saturated carbocycles. The molecule has 32 heavy (non-hydrogen) atoms. The summed E-state index contributed by atoms with van der Waals surface area (Å²) >= 11 is 6.13. The molecule has 2 aromatic carbocycles. The molecule has 8 nitrogen and oxygen atoms in total. The van der Waals surface area contributed by atoms with Crippen LogP contribution in [0.4, 0.5) is 11.4 Å². The van der Waals surface area contributed by atoms with Crippen molar-refractivity contribution in [1.82, 2.24) is 0 Å². The minimum Gasteiger partial charge on any atom is -0.462 e. The molecule has 1 atom stereocenters. The summed E-state index contributed by atoms with van der Waals surface area (Å²) in [5.74, 6) is -2.48. The second kappa shape index (κ2) is 10.3. The van der Waals surface area contributed by atoms with Gasteiger partial charge in [-0.2, -0.15) is 0 Å². The number of esters is 2. The number of ether oxygens (including phenoxy) is 2. The fourth-order valence-corrected chi connectivity index (χ4v) is 3.40. The first-order valence-corrected chi connectivity index (χ1v) is 10.5. The molecular formula is C23H23ClN2O6. The highest BCUT2D eigenvalue weighted by molar-refractivity contribution is 6.31. The van der Waals surface area contributed by atoms with Crippen molar-refractivity contribution < 1.29 is 28.7 Å². The molecule has 1 aliphatic rings. The molecule has 1 aliphatic heterocycles. The fraction of sp³-hybridized carbons (Fsp3) is 0.304. The van der Waals surface area contributed by atoms with Gasteiger partial charge < -0.3 is 19.7 Å². The molecule has 0 aliphatic carbocycles. The number of hydrogen-bond acceptors (Lipinski definition) is 6. The van der Waals surface area contributed by atoms with Crippen LogP contribution >= 0.6 is 11.6 Å². The van der Waals surface area contributed by atoms with Crippen LogP contribution in [0.5, 0.6) is 0 Å². The van der Waals surface area contributed by atoms with Crippen LogP contribution in [0.1, 0.15) is 29.3 Å². The smallest absolute Gasteiger partial charge is 0.338 e. The number of hydrogen-bond donors (Lipinski definition) is 1. The minimum atomic E-state index is -0.667. The predicted molar refractivity (Wildman–Crippen MR) is 119 cm³/mol. The molecule has 0 aromatic heterocycles. The first-order chi connectivity index (χ1) is 15.3. The van der Waals surface area contributed by atoms with Gasteiger partial charge in [-0.1, -0.05) is 17.7 Å². The van der Waals surface area contributed by atoms with E-state index in [2.05, 4.69) is 5.32 Å². The molecule has 1 saturated heterocycles. The van der Waals surface area contributed by atoms with Crippen LogP contribution in [0.3, 0.4) is 0 Å². The largest absolute Gasteiger partial charge is 0.462 e. The van der Waals surface area contributed by atoms with E-state index in [1.165, 1.54) is 17.0 Å². The maximum absolute atomic E-state index is 12.4. The van der Waals surface area contributed by atoms with Gasteiger partial charge in [0, 0.05) is 29.4 Å². The zero-order valence-corrected chi connectivity index (χ0v) is 18.5. The number of nitrogens with one attached hydrogen (secondary N) is 1. The van der Waals surface area contributed by atoms with Crippen LogP contribution < -0.4 is 10.2 Å². The van der Waals surface area contributed by atoms with E-state index in [-0.39, 0.29) is 25.5 Å². The van der Waals surface area contributed by atoms with E-state index in [1.807, 2.05) is 6.92 Å². The lowest BCUT2D eigenvalue weighted by atomic mass is 10.1. The maximum Gasteiger partial charge on any atom is 0.338 e. The summed E-state index contributed by atoms with van der Waals surface area (Å²) in [6, 6.07) is 11.4. The third kappa shape index (κ3) is 5.64. The average Bonchev–Trinajstić information content (AvgIpc) is 3.16. The summed E-state index contributed by atoms with van der Waals surface area (Å²) in [6.07, 6.45) is 0.00126. The van der Waals surface area contributed by atoms with E-state index in [4.69, 9.17) is 21.1 Å². The van der Waals surface area contributed by atoms with Gasteiger partial charge in [0.1, 0.15) is 0 Å². The first kappa shape index (κ1) is 23.3. The topological polar surface area (TPSA) is 102 Å². The van der Waals surface area contributed by atoms with Gasteiger partial charge in [0.15, 0.2) is 6.61 Å². The number of anilines is 2. The molecule has 0 bridgehead atoms. The predicted octanol–water partition coefficient (Wildman–Crippen LogP) is 3.36. The zero-order valence-electron chi connectivity index (χ0n) is 17.7. The Balaban J connectivity index is 1.50. The van der Waals surface area contributed by atoms with Gasteiger partial charge in [-0.05, 0) is 55.8 Å². The number of carbonyl (C=O) groups excluding carboxylic acids is 4. The normalized spacial score (nSPS) is 15.4. The van der Waals surface area contributed by atoms with Crippen LogP contribution in [0.25, 0.3) is 0 Å². The van der Waals surface area contributed by atoms with Crippen molar-refractivity contribution in [2.24, 2.45) is 5.92 Å². The number of rotatable bonds is 7. The van der Waals surface area contributed by atoms with Crippen LogP contribution in [-0.2, 0) is 23.9 Å².